The Balaban J connectivity index is 1.40. The lowest BCUT2D eigenvalue weighted by atomic mass is 9.79. The van der Waals surface area contributed by atoms with Crippen molar-refractivity contribution >= 4 is 28.6 Å². The van der Waals surface area contributed by atoms with Crippen LogP contribution in [-0.4, -0.2) is 52.9 Å². The molecule has 0 radical (unpaired) electrons. The normalized spacial score (nSPS) is 24.0. The molecule has 2 unspecified atom stereocenters. The number of para-hydroxylation sites is 1. The topological polar surface area (TPSA) is 136 Å². The second-order valence-electron chi connectivity index (χ2n) is 8.61. The summed E-state index contributed by atoms with van der Waals surface area (Å²) in [5, 5.41) is 13.3. The maximum atomic E-state index is 13.3. The van der Waals surface area contributed by atoms with Crippen LogP contribution in [0.5, 0.6) is 0 Å². The van der Waals surface area contributed by atoms with Gasteiger partial charge in [0.1, 0.15) is 11.7 Å². The number of aromatic nitrogens is 3. The minimum atomic E-state index is -1.04. The number of amides is 1. The molecule has 3 aliphatic heterocycles. The Morgan fingerprint density at radius 3 is 2.67 bits per heavy atom. The van der Waals surface area contributed by atoms with E-state index in [1.807, 2.05) is 29.2 Å². The molecule has 2 fully saturated rings. The van der Waals surface area contributed by atoms with E-state index in [-0.39, 0.29) is 11.4 Å². The highest BCUT2D eigenvalue weighted by atomic mass is 16.7. The molecule has 1 aromatic carbocycles. The number of hydrogen-bond acceptors (Lipinski definition) is 7. The van der Waals surface area contributed by atoms with E-state index in [4.69, 9.17) is 9.47 Å². The van der Waals surface area contributed by atoms with Crippen molar-refractivity contribution in [2.75, 3.05) is 36.5 Å². The number of fused-ring (bicyclic) bond motifs is 2. The lowest BCUT2D eigenvalue weighted by Gasteiger charge is -2.38. The summed E-state index contributed by atoms with van der Waals surface area (Å²) in [6.45, 7) is 2.38. The van der Waals surface area contributed by atoms with Crippen LogP contribution >= 0.6 is 0 Å². The standard InChI is InChI=1S/C23H22N6O4/c24-11-14-17(15-12-25-16-4-2-1-3-13(15)16)18-19(26-20(14)30)27-22(28-21(18)31)29-7-5-23(6-8-29)32-9-10-33-23/h1-4,12,14,17,25H,5-10H2,(H2,26,27,28,30,31). The fourth-order valence-corrected chi connectivity index (χ4v) is 5.18. The first-order valence-electron chi connectivity index (χ1n) is 11.0. The zero-order valence-corrected chi connectivity index (χ0v) is 17.8. The summed E-state index contributed by atoms with van der Waals surface area (Å²) in [5.74, 6) is -2.19. The molecule has 3 aliphatic rings. The van der Waals surface area contributed by atoms with E-state index in [0.717, 1.165) is 16.5 Å². The summed E-state index contributed by atoms with van der Waals surface area (Å²) in [7, 11) is 0. The molecule has 3 aromatic rings. The van der Waals surface area contributed by atoms with Gasteiger partial charge in [-0.05, 0) is 11.6 Å². The number of carbonyl (C=O) groups excluding carboxylic acids is 1. The summed E-state index contributed by atoms with van der Waals surface area (Å²) in [5.41, 5.74) is 1.53. The van der Waals surface area contributed by atoms with Gasteiger partial charge in [-0.25, -0.2) is 0 Å². The van der Waals surface area contributed by atoms with Gasteiger partial charge in [0.05, 0.1) is 24.8 Å². The smallest absolute Gasteiger partial charge is 0.258 e. The van der Waals surface area contributed by atoms with Crippen molar-refractivity contribution in [1.29, 1.82) is 5.26 Å². The van der Waals surface area contributed by atoms with E-state index in [1.54, 1.807) is 6.20 Å². The average Bonchev–Trinajstić information content (AvgIpc) is 3.46. The van der Waals surface area contributed by atoms with Crippen LogP contribution in [-0.2, 0) is 14.3 Å². The lowest BCUT2D eigenvalue weighted by Crippen LogP contribution is -2.46. The first kappa shape index (κ1) is 20.0. The third-order valence-electron chi connectivity index (χ3n) is 6.84. The highest BCUT2D eigenvalue weighted by Gasteiger charge is 2.43. The van der Waals surface area contributed by atoms with E-state index in [2.05, 4.69) is 26.3 Å². The first-order valence-corrected chi connectivity index (χ1v) is 11.0. The molecular weight excluding hydrogens is 424 g/mol. The molecule has 2 aromatic heterocycles. The number of nitrogens with zero attached hydrogens (tertiary/aromatic N) is 3. The maximum absolute atomic E-state index is 13.3. The average molecular weight is 446 g/mol. The molecule has 0 bridgehead atoms. The van der Waals surface area contributed by atoms with Gasteiger partial charge in [0.25, 0.3) is 5.56 Å². The molecule has 3 N–H and O–H groups in total. The molecule has 5 heterocycles. The second-order valence-corrected chi connectivity index (χ2v) is 8.61. The van der Waals surface area contributed by atoms with Gasteiger partial charge in [0.2, 0.25) is 11.9 Å². The summed E-state index contributed by atoms with van der Waals surface area (Å²) in [6.07, 6.45) is 3.09. The van der Waals surface area contributed by atoms with Crippen molar-refractivity contribution in [1.82, 2.24) is 15.0 Å². The van der Waals surface area contributed by atoms with Crippen molar-refractivity contribution in [3.8, 4) is 6.07 Å². The summed E-state index contributed by atoms with van der Waals surface area (Å²) in [6, 6.07) is 9.70. The van der Waals surface area contributed by atoms with Crippen molar-refractivity contribution in [3.05, 3.63) is 51.9 Å². The fraction of sp³-hybridized carbons (Fsp3) is 0.391. The Morgan fingerprint density at radius 2 is 1.91 bits per heavy atom. The summed E-state index contributed by atoms with van der Waals surface area (Å²) >= 11 is 0. The Morgan fingerprint density at radius 1 is 1.15 bits per heavy atom. The van der Waals surface area contributed by atoms with Crippen LogP contribution in [0.25, 0.3) is 10.9 Å². The molecule has 1 spiro atoms. The predicted octanol–water partition coefficient (Wildman–Crippen LogP) is 1.82. The highest BCUT2D eigenvalue weighted by Crippen LogP contribution is 2.41. The van der Waals surface area contributed by atoms with Crippen LogP contribution in [0.4, 0.5) is 11.8 Å². The molecule has 0 saturated carbocycles. The Kier molecular flexibility index (Phi) is 4.50. The molecule has 0 aliphatic carbocycles. The molecule has 2 saturated heterocycles. The molecule has 10 nitrogen and oxygen atoms in total. The number of H-pyrrole nitrogens is 2. The molecule has 6 rings (SSSR count). The van der Waals surface area contributed by atoms with E-state index in [9.17, 15) is 14.9 Å². The monoisotopic (exact) mass is 446 g/mol. The van der Waals surface area contributed by atoms with Crippen molar-refractivity contribution in [2.24, 2.45) is 5.92 Å². The molecule has 168 valence electrons. The third-order valence-corrected chi connectivity index (χ3v) is 6.84. The minimum absolute atomic E-state index is 0.203. The van der Waals surface area contributed by atoms with Crippen LogP contribution in [0.15, 0.2) is 35.3 Å². The van der Waals surface area contributed by atoms with Gasteiger partial charge >= 0.3 is 0 Å². The van der Waals surface area contributed by atoms with Crippen molar-refractivity contribution in [3.63, 3.8) is 0 Å². The third kappa shape index (κ3) is 3.12. The quantitative estimate of drug-likeness (QED) is 0.546. The van der Waals surface area contributed by atoms with E-state index in [1.165, 1.54) is 0 Å². The van der Waals surface area contributed by atoms with Gasteiger partial charge in [-0.3, -0.25) is 14.6 Å². The van der Waals surface area contributed by atoms with Gasteiger partial charge in [-0.1, -0.05) is 18.2 Å². The van der Waals surface area contributed by atoms with E-state index < -0.39 is 23.5 Å². The number of anilines is 2. The largest absolute Gasteiger partial charge is 0.361 e. The SMILES string of the molecule is N#CC1C(=O)Nc2nc(N3CCC4(CC3)OCCO4)[nH]c(=O)c2C1c1c[nH]c2ccccc12. The fourth-order valence-electron chi connectivity index (χ4n) is 5.18. The number of benzene rings is 1. The van der Waals surface area contributed by atoms with Crippen LogP contribution in [0.3, 0.4) is 0 Å². The van der Waals surface area contributed by atoms with Crippen LogP contribution in [0.1, 0.15) is 29.9 Å². The maximum Gasteiger partial charge on any atom is 0.258 e. The Hall–Kier alpha value is -3.68. The number of hydrogen-bond donors (Lipinski definition) is 3. The van der Waals surface area contributed by atoms with Crippen molar-refractivity contribution < 1.29 is 14.3 Å². The number of nitrogens with one attached hydrogen (secondary N) is 3. The van der Waals surface area contributed by atoms with Gasteiger partial charge < -0.3 is 24.7 Å². The molecular formula is C23H22N6O4. The summed E-state index contributed by atoms with van der Waals surface area (Å²) in [4.78, 5) is 38.8. The first-order chi connectivity index (χ1) is 16.1. The van der Waals surface area contributed by atoms with Gasteiger partial charge in [-0.2, -0.15) is 10.2 Å². The molecule has 33 heavy (non-hydrogen) atoms. The lowest BCUT2D eigenvalue weighted by molar-refractivity contribution is -0.169. The van der Waals surface area contributed by atoms with Crippen LogP contribution in [0.2, 0.25) is 0 Å². The summed E-state index contributed by atoms with van der Waals surface area (Å²) < 4.78 is 11.6. The Bertz CT molecular complexity index is 1340. The van der Waals surface area contributed by atoms with Gasteiger partial charge in [-0.15, -0.1) is 0 Å². The van der Waals surface area contributed by atoms with Crippen LogP contribution in [0, 0.1) is 17.2 Å². The van der Waals surface area contributed by atoms with Crippen LogP contribution < -0.4 is 15.8 Å². The Labute approximate surface area is 188 Å². The number of nitriles is 1. The predicted molar refractivity (Wildman–Crippen MR) is 119 cm³/mol. The minimum Gasteiger partial charge on any atom is -0.361 e. The number of carbonyl (C=O) groups is 1. The second kappa shape index (κ2) is 7.43. The number of ether oxygens (including phenoxy) is 2. The zero-order valence-electron chi connectivity index (χ0n) is 17.8. The van der Waals surface area contributed by atoms with E-state index in [0.29, 0.717) is 50.7 Å². The number of piperidine rings is 1. The van der Waals surface area contributed by atoms with Gasteiger partial charge in [0, 0.05) is 48.9 Å². The van der Waals surface area contributed by atoms with E-state index >= 15 is 0 Å². The highest BCUT2D eigenvalue weighted by molar-refractivity contribution is 5.99. The van der Waals surface area contributed by atoms with Gasteiger partial charge in [0.15, 0.2) is 5.79 Å². The van der Waals surface area contributed by atoms with Crippen molar-refractivity contribution in [2.45, 2.75) is 24.5 Å². The zero-order chi connectivity index (χ0) is 22.6. The number of rotatable bonds is 2. The molecule has 2 atom stereocenters. The molecule has 10 heteroatoms. The molecule has 1 amide bonds. The number of aromatic amines is 2.